The van der Waals surface area contributed by atoms with Gasteiger partial charge in [-0.15, -0.1) is 0 Å². The van der Waals surface area contributed by atoms with Gasteiger partial charge in [-0.1, -0.05) is 37.3 Å². The van der Waals surface area contributed by atoms with Crippen LogP contribution in [0.15, 0.2) is 54.6 Å². The summed E-state index contributed by atoms with van der Waals surface area (Å²) < 4.78 is 19.8. The van der Waals surface area contributed by atoms with Crippen molar-refractivity contribution < 1.29 is 18.7 Å². The van der Waals surface area contributed by atoms with E-state index < -0.39 is 5.82 Å². The van der Waals surface area contributed by atoms with Crippen LogP contribution in [-0.2, 0) is 4.79 Å². The van der Waals surface area contributed by atoms with Crippen LogP contribution in [0.3, 0.4) is 0 Å². The zero-order chi connectivity index (χ0) is 21.5. The Bertz CT molecular complexity index is 920. The molecule has 1 unspecified atom stereocenters. The Kier molecular flexibility index (Phi) is 7.22. The second-order valence-corrected chi connectivity index (χ2v) is 7.31. The van der Waals surface area contributed by atoms with Crippen molar-refractivity contribution in [1.29, 1.82) is 0 Å². The molecular formula is C24H27FN2O3. The molecule has 0 N–H and O–H groups in total. The minimum Gasteiger partial charge on any atom is -0.490 e. The van der Waals surface area contributed by atoms with Crippen LogP contribution in [0.1, 0.15) is 36.2 Å². The van der Waals surface area contributed by atoms with E-state index in [9.17, 15) is 14.0 Å². The SMILES string of the molecule is CCC(C)Oc1ccccc1/C=C/C(=O)N1CCN(C(=O)c2ccccc2F)CC1. The number of piperazine rings is 1. The summed E-state index contributed by atoms with van der Waals surface area (Å²) in [5, 5.41) is 0. The molecule has 1 aliphatic rings. The summed E-state index contributed by atoms with van der Waals surface area (Å²) in [6.45, 7) is 5.64. The lowest BCUT2D eigenvalue weighted by Crippen LogP contribution is -2.50. The van der Waals surface area contributed by atoms with Crippen molar-refractivity contribution in [2.75, 3.05) is 26.2 Å². The normalized spacial score (nSPS) is 15.3. The third-order valence-corrected chi connectivity index (χ3v) is 5.21. The predicted molar refractivity (Wildman–Crippen MR) is 115 cm³/mol. The van der Waals surface area contributed by atoms with Crippen LogP contribution in [0, 0.1) is 5.82 Å². The third kappa shape index (κ3) is 5.26. The van der Waals surface area contributed by atoms with Gasteiger partial charge in [-0.2, -0.15) is 0 Å². The first kappa shape index (κ1) is 21.6. The number of hydrogen-bond acceptors (Lipinski definition) is 3. The molecule has 1 saturated heterocycles. The Morgan fingerprint density at radius 1 is 1.03 bits per heavy atom. The summed E-state index contributed by atoms with van der Waals surface area (Å²) in [7, 11) is 0. The van der Waals surface area contributed by atoms with Crippen LogP contribution in [0.5, 0.6) is 5.75 Å². The molecule has 2 aromatic rings. The molecule has 0 aliphatic carbocycles. The van der Waals surface area contributed by atoms with Crippen LogP contribution in [0.2, 0.25) is 0 Å². The second kappa shape index (κ2) is 10.1. The largest absolute Gasteiger partial charge is 0.490 e. The highest BCUT2D eigenvalue weighted by molar-refractivity contribution is 5.95. The average molecular weight is 410 g/mol. The van der Waals surface area contributed by atoms with Crippen LogP contribution in [0.4, 0.5) is 4.39 Å². The maximum Gasteiger partial charge on any atom is 0.256 e. The molecule has 30 heavy (non-hydrogen) atoms. The maximum absolute atomic E-state index is 13.9. The summed E-state index contributed by atoms with van der Waals surface area (Å²) in [5.74, 6) is -0.239. The van der Waals surface area contributed by atoms with Crippen LogP contribution in [0.25, 0.3) is 6.08 Å². The zero-order valence-corrected chi connectivity index (χ0v) is 17.4. The fourth-order valence-corrected chi connectivity index (χ4v) is 3.23. The van der Waals surface area contributed by atoms with Gasteiger partial charge in [0.1, 0.15) is 11.6 Å². The molecule has 0 bridgehead atoms. The van der Waals surface area contributed by atoms with Gasteiger partial charge in [-0.25, -0.2) is 4.39 Å². The molecule has 1 aliphatic heterocycles. The summed E-state index contributed by atoms with van der Waals surface area (Å²) >= 11 is 0. The molecule has 0 aromatic heterocycles. The standard InChI is InChI=1S/C24H27FN2O3/c1-3-18(2)30-22-11-7-4-8-19(22)12-13-23(28)26-14-16-27(17-15-26)24(29)20-9-5-6-10-21(20)25/h4-13,18H,3,14-17H2,1-2H3/b13-12+. The number of rotatable bonds is 6. The topological polar surface area (TPSA) is 49.9 Å². The predicted octanol–water partition coefficient (Wildman–Crippen LogP) is 4.00. The van der Waals surface area contributed by atoms with Crippen molar-refractivity contribution in [3.8, 4) is 5.75 Å². The number of ether oxygens (including phenoxy) is 1. The van der Waals surface area contributed by atoms with Crippen molar-refractivity contribution >= 4 is 17.9 Å². The first-order valence-electron chi connectivity index (χ1n) is 10.3. The van der Waals surface area contributed by atoms with E-state index in [1.54, 1.807) is 28.0 Å². The van der Waals surface area contributed by atoms with E-state index >= 15 is 0 Å². The number of amides is 2. The summed E-state index contributed by atoms with van der Waals surface area (Å²) in [4.78, 5) is 28.4. The van der Waals surface area contributed by atoms with E-state index in [0.29, 0.717) is 26.2 Å². The molecule has 1 heterocycles. The van der Waals surface area contributed by atoms with Crippen molar-refractivity contribution in [3.05, 3.63) is 71.6 Å². The number of carbonyl (C=O) groups excluding carboxylic acids is 2. The van der Waals surface area contributed by atoms with Gasteiger partial charge >= 0.3 is 0 Å². The maximum atomic E-state index is 13.9. The van der Waals surface area contributed by atoms with Gasteiger partial charge in [0, 0.05) is 37.8 Å². The molecule has 158 valence electrons. The van der Waals surface area contributed by atoms with Crippen LogP contribution >= 0.6 is 0 Å². The average Bonchev–Trinajstić information content (AvgIpc) is 2.78. The number of carbonyl (C=O) groups is 2. The Morgan fingerprint density at radius 3 is 2.37 bits per heavy atom. The lowest BCUT2D eigenvalue weighted by atomic mass is 10.1. The molecule has 2 amide bonds. The molecule has 5 nitrogen and oxygen atoms in total. The summed E-state index contributed by atoms with van der Waals surface area (Å²) in [6.07, 6.45) is 4.28. The molecule has 6 heteroatoms. The van der Waals surface area contributed by atoms with E-state index in [-0.39, 0.29) is 23.5 Å². The van der Waals surface area contributed by atoms with Gasteiger partial charge in [0.25, 0.3) is 5.91 Å². The minimum absolute atomic E-state index is 0.0649. The van der Waals surface area contributed by atoms with Gasteiger partial charge in [0.15, 0.2) is 0 Å². The monoisotopic (exact) mass is 410 g/mol. The molecule has 3 rings (SSSR count). The second-order valence-electron chi connectivity index (χ2n) is 7.31. The van der Waals surface area contributed by atoms with Crippen molar-refractivity contribution in [2.24, 2.45) is 0 Å². The highest BCUT2D eigenvalue weighted by Crippen LogP contribution is 2.22. The van der Waals surface area contributed by atoms with Crippen LogP contribution in [-0.4, -0.2) is 53.9 Å². The Morgan fingerprint density at radius 2 is 1.67 bits per heavy atom. The number of halogens is 1. The Balaban J connectivity index is 1.58. The molecule has 0 saturated carbocycles. The summed E-state index contributed by atoms with van der Waals surface area (Å²) in [5.41, 5.74) is 0.912. The molecule has 2 aromatic carbocycles. The molecule has 1 fully saturated rings. The Hall–Kier alpha value is -3.15. The molecular weight excluding hydrogens is 383 g/mol. The first-order chi connectivity index (χ1) is 14.5. The Labute approximate surface area is 176 Å². The fraction of sp³-hybridized carbons (Fsp3) is 0.333. The van der Waals surface area contributed by atoms with Gasteiger partial charge in [-0.3, -0.25) is 9.59 Å². The van der Waals surface area contributed by atoms with E-state index in [0.717, 1.165) is 17.7 Å². The number of nitrogens with zero attached hydrogens (tertiary/aromatic N) is 2. The van der Waals surface area contributed by atoms with Gasteiger partial charge in [0.05, 0.1) is 11.7 Å². The van der Waals surface area contributed by atoms with E-state index in [1.165, 1.54) is 18.2 Å². The zero-order valence-electron chi connectivity index (χ0n) is 17.4. The fourth-order valence-electron chi connectivity index (χ4n) is 3.23. The van der Waals surface area contributed by atoms with E-state index in [2.05, 4.69) is 6.92 Å². The van der Waals surface area contributed by atoms with Crippen molar-refractivity contribution in [3.63, 3.8) is 0 Å². The number of benzene rings is 2. The smallest absolute Gasteiger partial charge is 0.256 e. The highest BCUT2D eigenvalue weighted by atomic mass is 19.1. The lowest BCUT2D eigenvalue weighted by Gasteiger charge is -2.34. The third-order valence-electron chi connectivity index (χ3n) is 5.21. The van der Waals surface area contributed by atoms with Crippen LogP contribution < -0.4 is 4.74 Å². The van der Waals surface area contributed by atoms with Gasteiger partial charge in [-0.05, 0) is 37.6 Å². The van der Waals surface area contributed by atoms with E-state index in [4.69, 9.17) is 4.74 Å². The highest BCUT2D eigenvalue weighted by Gasteiger charge is 2.25. The number of para-hydroxylation sites is 1. The molecule has 1 atom stereocenters. The van der Waals surface area contributed by atoms with Gasteiger partial charge in [0.2, 0.25) is 5.91 Å². The summed E-state index contributed by atoms with van der Waals surface area (Å²) in [6, 6.07) is 13.6. The van der Waals surface area contributed by atoms with Crippen molar-refractivity contribution in [1.82, 2.24) is 9.80 Å². The van der Waals surface area contributed by atoms with Crippen molar-refractivity contribution in [2.45, 2.75) is 26.4 Å². The lowest BCUT2D eigenvalue weighted by molar-refractivity contribution is -0.127. The van der Waals surface area contributed by atoms with Gasteiger partial charge < -0.3 is 14.5 Å². The molecule has 0 radical (unpaired) electrons. The first-order valence-corrected chi connectivity index (χ1v) is 10.3. The number of hydrogen-bond donors (Lipinski definition) is 0. The quantitative estimate of drug-likeness (QED) is 0.677. The molecule has 0 spiro atoms. The minimum atomic E-state index is -0.526. The van der Waals surface area contributed by atoms with E-state index in [1.807, 2.05) is 31.2 Å².